The van der Waals surface area contributed by atoms with Crippen molar-refractivity contribution in [2.45, 2.75) is 13.8 Å². The lowest BCUT2D eigenvalue weighted by Crippen LogP contribution is -2.23. The molecule has 0 saturated heterocycles. The number of ether oxygens (including phenoxy) is 1. The van der Waals surface area contributed by atoms with Crippen molar-refractivity contribution in [3.8, 4) is 11.6 Å². The van der Waals surface area contributed by atoms with Crippen LogP contribution in [0.1, 0.15) is 13.8 Å². The Morgan fingerprint density at radius 3 is 2.42 bits per heavy atom. The fourth-order valence-corrected chi connectivity index (χ4v) is 1.93. The van der Waals surface area contributed by atoms with Crippen LogP contribution in [0.5, 0.6) is 11.6 Å². The van der Waals surface area contributed by atoms with Gasteiger partial charge in [-0.2, -0.15) is 0 Å². The molecule has 0 saturated carbocycles. The zero-order chi connectivity index (χ0) is 13.7. The summed E-state index contributed by atoms with van der Waals surface area (Å²) in [6.07, 6.45) is 4.98. The Kier molecular flexibility index (Phi) is 4.68. The lowest BCUT2D eigenvalue weighted by molar-refractivity contribution is 0.455. The molecule has 2 heterocycles. The van der Waals surface area contributed by atoms with Crippen molar-refractivity contribution in [1.29, 1.82) is 0 Å². The molecule has 0 aliphatic rings. The minimum atomic E-state index is 0.502. The third-order valence-corrected chi connectivity index (χ3v) is 3.20. The first-order valence-electron chi connectivity index (χ1n) is 6.10. The molecule has 0 aliphatic heterocycles. The monoisotopic (exact) mass is 322 g/mol. The summed E-state index contributed by atoms with van der Waals surface area (Å²) >= 11 is 3.38. The number of nitrogens with zero attached hydrogens (tertiary/aromatic N) is 4. The summed E-state index contributed by atoms with van der Waals surface area (Å²) in [6, 6.07) is 3.70. The van der Waals surface area contributed by atoms with Gasteiger partial charge in [0.05, 0.1) is 16.9 Å². The summed E-state index contributed by atoms with van der Waals surface area (Å²) in [5, 5.41) is 0. The van der Waals surface area contributed by atoms with Gasteiger partial charge < -0.3 is 9.64 Å². The van der Waals surface area contributed by atoms with E-state index >= 15 is 0 Å². The van der Waals surface area contributed by atoms with E-state index < -0.39 is 0 Å². The van der Waals surface area contributed by atoms with Gasteiger partial charge in [0.25, 0.3) is 0 Å². The maximum atomic E-state index is 5.61. The van der Waals surface area contributed by atoms with Crippen LogP contribution in [0, 0.1) is 0 Å². The van der Waals surface area contributed by atoms with Gasteiger partial charge in [-0.25, -0.2) is 15.0 Å². The first kappa shape index (κ1) is 13.7. The zero-order valence-corrected chi connectivity index (χ0v) is 12.5. The molecule has 0 spiro atoms. The average Bonchev–Trinajstić information content (AvgIpc) is 2.44. The Morgan fingerprint density at radius 2 is 1.84 bits per heavy atom. The Bertz CT molecular complexity index is 528. The Morgan fingerprint density at radius 1 is 1.16 bits per heavy atom. The lowest BCUT2D eigenvalue weighted by atomic mass is 10.5. The van der Waals surface area contributed by atoms with Crippen molar-refractivity contribution in [1.82, 2.24) is 15.0 Å². The Labute approximate surface area is 120 Å². The van der Waals surface area contributed by atoms with Gasteiger partial charge in [0, 0.05) is 19.3 Å². The minimum absolute atomic E-state index is 0.502. The van der Waals surface area contributed by atoms with Gasteiger partial charge in [-0.3, -0.25) is 0 Å². The molecule has 2 aromatic heterocycles. The summed E-state index contributed by atoms with van der Waals surface area (Å²) in [5.74, 6) is 1.77. The van der Waals surface area contributed by atoms with Crippen molar-refractivity contribution in [3.63, 3.8) is 0 Å². The maximum Gasteiger partial charge on any atom is 0.233 e. The normalized spacial score (nSPS) is 10.3. The molecule has 0 unspecified atom stereocenters. The van der Waals surface area contributed by atoms with Gasteiger partial charge in [0.2, 0.25) is 11.8 Å². The number of aromatic nitrogens is 3. The summed E-state index contributed by atoms with van der Waals surface area (Å²) < 4.78 is 6.40. The highest BCUT2D eigenvalue weighted by atomic mass is 79.9. The first-order valence-corrected chi connectivity index (χ1v) is 6.89. The minimum Gasteiger partial charge on any atom is -0.435 e. The molecule has 0 N–H and O–H groups in total. The molecule has 0 aliphatic carbocycles. The largest absolute Gasteiger partial charge is 0.435 e. The molecule has 0 aromatic carbocycles. The first-order chi connectivity index (χ1) is 9.24. The molecule has 5 nitrogen and oxygen atoms in total. The van der Waals surface area contributed by atoms with E-state index in [9.17, 15) is 0 Å². The Hall–Kier alpha value is -1.69. The van der Waals surface area contributed by atoms with Crippen LogP contribution in [-0.4, -0.2) is 28.0 Å². The van der Waals surface area contributed by atoms with Crippen molar-refractivity contribution in [2.75, 3.05) is 18.0 Å². The van der Waals surface area contributed by atoms with Crippen LogP contribution in [0.15, 0.2) is 35.2 Å². The number of halogens is 1. The molecule has 19 heavy (non-hydrogen) atoms. The van der Waals surface area contributed by atoms with Crippen LogP contribution < -0.4 is 9.64 Å². The van der Waals surface area contributed by atoms with E-state index in [0.29, 0.717) is 17.6 Å². The molecule has 0 atom stereocenters. The summed E-state index contributed by atoms with van der Waals surface area (Å²) in [6.45, 7) is 5.90. The van der Waals surface area contributed by atoms with Crippen molar-refractivity contribution in [3.05, 3.63) is 35.2 Å². The highest BCUT2D eigenvalue weighted by molar-refractivity contribution is 9.10. The molecule has 6 heteroatoms. The zero-order valence-electron chi connectivity index (χ0n) is 10.9. The van der Waals surface area contributed by atoms with Crippen molar-refractivity contribution in [2.24, 2.45) is 0 Å². The predicted molar refractivity (Wildman–Crippen MR) is 77.6 cm³/mol. The molecular weight excluding hydrogens is 308 g/mol. The van der Waals surface area contributed by atoms with E-state index in [-0.39, 0.29) is 0 Å². The third kappa shape index (κ3) is 3.41. The van der Waals surface area contributed by atoms with E-state index in [2.05, 4.69) is 49.6 Å². The third-order valence-electron chi connectivity index (χ3n) is 2.60. The van der Waals surface area contributed by atoms with Gasteiger partial charge in [-0.15, -0.1) is 0 Å². The summed E-state index contributed by atoms with van der Waals surface area (Å²) in [7, 11) is 0. The van der Waals surface area contributed by atoms with E-state index in [1.807, 2.05) is 12.1 Å². The number of hydrogen-bond acceptors (Lipinski definition) is 5. The maximum absolute atomic E-state index is 5.61. The van der Waals surface area contributed by atoms with E-state index in [1.54, 1.807) is 18.6 Å². The van der Waals surface area contributed by atoms with Gasteiger partial charge in [-0.1, -0.05) is 0 Å². The molecule has 0 bridgehead atoms. The molecule has 0 fully saturated rings. The standard InChI is InChI=1S/C13H15BrN4O/c1-3-18(4-2)13-16-8-10(9-17-13)19-12-11(14)6-5-7-15-12/h5-9H,3-4H2,1-2H3. The van der Waals surface area contributed by atoms with E-state index in [1.165, 1.54) is 0 Å². The fourth-order valence-electron chi connectivity index (χ4n) is 1.59. The smallest absolute Gasteiger partial charge is 0.233 e. The van der Waals surface area contributed by atoms with Gasteiger partial charge in [0.15, 0.2) is 5.75 Å². The number of anilines is 1. The molecule has 2 aromatic rings. The summed E-state index contributed by atoms with van der Waals surface area (Å²) in [4.78, 5) is 14.8. The molecular formula is C13H15BrN4O. The van der Waals surface area contributed by atoms with Crippen LogP contribution in [0.3, 0.4) is 0 Å². The van der Waals surface area contributed by atoms with Crippen LogP contribution in [0.2, 0.25) is 0 Å². The average molecular weight is 323 g/mol. The quantitative estimate of drug-likeness (QED) is 0.845. The SMILES string of the molecule is CCN(CC)c1ncc(Oc2ncccc2Br)cn1. The molecule has 0 radical (unpaired) electrons. The van der Waals surface area contributed by atoms with Gasteiger partial charge in [0.1, 0.15) is 0 Å². The van der Waals surface area contributed by atoms with Gasteiger partial charge >= 0.3 is 0 Å². The highest BCUT2D eigenvalue weighted by Gasteiger charge is 2.07. The second-order valence-electron chi connectivity index (χ2n) is 3.78. The highest BCUT2D eigenvalue weighted by Crippen LogP contribution is 2.26. The van der Waals surface area contributed by atoms with Crippen LogP contribution >= 0.6 is 15.9 Å². The molecule has 2 rings (SSSR count). The number of rotatable bonds is 5. The second kappa shape index (κ2) is 6.47. The number of hydrogen-bond donors (Lipinski definition) is 0. The topological polar surface area (TPSA) is 51.1 Å². The van der Waals surface area contributed by atoms with Crippen molar-refractivity contribution >= 4 is 21.9 Å². The fraction of sp³-hybridized carbons (Fsp3) is 0.308. The lowest BCUT2D eigenvalue weighted by Gasteiger charge is -2.18. The Balaban J connectivity index is 2.13. The second-order valence-corrected chi connectivity index (χ2v) is 4.64. The van der Waals surface area contributed by atoms with E-state index in [4.69, 9.17) is 4.74 Å². The van der Waals surface area contributed by atoms with E-state index in [0.717, 1.165) is 17.6 Å². The molecule has 0 amide bonds. The van der Waals surface area contributed by atoms with Gasteiger partial charge in [-0.05, 0) is 41.9 Å². The number of pyridine rings is 1. The van der Waals surface area contributed by atoms with Crippen LogP contribution in [0.25, 0.3) is 0 Å². The molecule has 100 valence electrons. The van der Waals surface area contributed by atoms with Crippen LogP contribution in [0.4, 0.5) is 5.95 Å². The predicted octanol–water partition coefficient (Wildman–Crippen LogP) is 3.27. The summed E-state index contributed by atoms with van der Waals surface area (Å²) in [5.41, 5.74) is 0. The van der Waals surface area contributed by atoms with Crippen LogP contribution in [-0.2, 0) is 0 Å². The van der Waals surface area contributed by atoms with Crippen molar-refractivity contribution < 1.29 is 4.74 Å².